The number of hydrogen-bond acceptors (Lipinski definition) is 4. The van der Waals surface area contributed by atoms with Gasteiger partial charge in [-0.1, -0.05) is 30.7 Å². The van der Waals surface area contributed by atoms with Crippen LogP contribution < -0.4 is 14.8 Å². The normalized spacial score (nSPS) is 11.2. The Labute approximate surface area is 164 Å². The summed E-state index contributed by atoms with van der Waals surface area (Å²) >= 11 is 5.82. The Morgan fingerprint density at radius 3 is 2.48 bits per heavy atom. The number of benzene rings is 2. The third-order valence-corrected chi connectivity index (χ3v) is 5.47. The third kappa shape index (κ3) is 6.53. The number of aryl methyl sites for hydroxylation is 1. The maximum absolute atomic E-state index is 12.1. The van der Waals surface area contributed by atoms with Gasteiger partial charge in [0.2, 0.25) is 10.0 Å². The molecule has 0 saturated heterocycles. The number of amides is 1. The van der Waals surface area contributed by atoms with E-state index >= 15 is 0 Å². The summed E-state index contributed by atoms with van der Waals surface area (Å²) in [5.41, 5.74) is 1.57. The molecule has 0 aliphatic rings. The van der Waals surface area contributed by atoms with Crippen LogP contribution in [0, 0.1) is 6.92 Å². The zero-order valence-corrected chi connectivity index (χ0v) is 16.9. The average Bonchev–Trinajstić information content (AvgIpc) is 2.65. The first-order valence-corrected chi connectivity index (χ1v) is 10.4. The molecule has 0 aromatic heterocycles. The number of rotatable bonds is 9. The van der Waals surface area contributed by atoms with E-state index in [1.165, 1.54) is 12.1 Å². The van der Waals surface area contributed by atoms with E-state index in [1.54, 1.807) is 25.1 Å². The van der Waals surface area contributed by atoms with Crippen LogP contribution in [-0.2, 0) is 21.4 Å². The van der Waals surface area contributed by atoms with Crippen LogP contribution in [0.3, 0.4) is 0 Å². The zero-order chi connectivity index (χ0) is 19.9. The Bertz CT molecular complexity index is 883. The van der Waals surface area contributed by atoms with Gasteiger partial charge in [0.25, 0.3) is 5.91 Å². The van der Waals surface area contributed by atoms with E-state index in [0.717, 1.165) is 5.56 Å². The van der Waals surface area contributed by atoms with E-state index in [4.69, 9.17) is 16.3 Å². The number of carbonyl (C=O) groups excluding carboxylic acids is 1. The second-order valence-electron chi connectivity index (χ2n) is 6.02. The van der Waals surface area contributed by atoms with Gasteiger partial charge < -0.3 is 10.1 Å². The Morgan fingerprint density at radius 2 is 1.85 bits per heavy atom. The molecule has 0 fully saturated rings. The predicted octanol–water partition coefficient (Wildman–Crippen LogP) is 3.03. The maximum atomic E-state index is 12.1. The van der Waals surface area contributed by atoms with Crippen molar-refractivity contribution < 1.29 is 17.9 Å². The first kappa shape index (κ1) is 21.2. The molecule has 0 unspecified atom stereocenters. The highest BCUT2D eigenvalue weighted by atomic mass is 35.5. The quantitative estimate of drug-likeness (QED) is 0.665. The van der Waals surface area contributed by atoms with E-state index < -0.39 is 10.0 Å². The molecule has 2 rings (SSSR count). The van der Waals surface area contributed by atoms with Gasteiger partial charge in [-0.3, -0.25) is 4.79 Å². The SMILES string of the molecule is CCCNS(=O)(=O)c1ccc(OCC(=O)NCc2ccc(Cl)cc2)c(C)c1. The topological polar surface area (TPSA) is 84.5 Å². The minimum atomic E-state index is -3.53. The smallest absolute Gasteiger partial charge is 0.258 e. The number of nitrogens with one attached hydrogen (secondary N) is 2. The van der Waals surface area contributed by atoms with Gasteiger partial charge in [-0.15, -0.1) is 0 Å². The molecule has 0 spiro atoms. The van der Waals surface area contributed by atoms with Crippen molar-refractivity contribution in [2.75, 3.05) is 13.2 Å². The van der Waals surface area contributed by atoms with Crippen LogP contribution in [0.15, 0.2) is 47.4 Å². The van der Waals surface area contributed by atoms with Crippen molar-refractivity contribution >= 4 is 27.5 Å². The standard InChI is InChI=1S/C19H23ClN2O4S/c1-3-10-22-27(24,25)17-8-9-18(14(2)11-17)26-13-19(23)21-12-15-4-6-16(20)7-5-15/h4-9,11,22H,3,10,12-13H2,1-2H3,(H,21,23). The number of hydrogen-bond donors (Lipinski definition) is 2. The molecule has 8 heteroatoms. The fourth-order valence-electron chi connectivity index (χ4n) is 2.27. The van der Waals surface area contributed by atoms with E-state index in [9.17, 15) is 13.2 Å². The highest BCUT2D eigenvalue weighted by Gasteiger charge is 2.15. The number of sulfonamides is 1. The lowest BCUT2D eigenvalue weighted by molar-refractivity contribution is -0.123. The number of ether oxygens (including phenoxy) is 1. The fourth-order valence-corrected chi connectivity index (χ4v) is 3.61. The molecule has 146 valence electrons. The van der Waals surface area contributed by atoms with Crippen LogP contribution in [0.2, 0.25) is 5.02 Å². The van der Waals surface area contributed by atoms with Gasteiger partial charge in [-0.05, 0) is 54.8 Å². The highest BCUT2D eigenvalue weighted by Crippen LogP contribution is 2.21. The van der Waals surface area contributed by atoms with E-state index in [-0.39, 0.29) is 17.4 Å². The molecule has 2 N–H and O–H groups in total. The van der Waals surface area contributed by atoms with Gasteiger partial charge in [-0.2, -0.15) is 0 Å². The van der Waals surface area contributed by atoms with Gasteiger partial charge in [0.05, 0.1) is 4.90 Å². The third-order valence-electron chi connectivity index (χ3n) is 3.76. The lowest BCUT2D eigenvalue weighted by Gasteiger charge is -2.12. The molecule has 0 aliphatic heterocycles. The van der Waals surface area contributed by atoms with E-state index in [2.05, 4.69) is 10.0 Å². The predicted molar refractivity (Wildman–Crippen MR) is 105 cm³/mol. The molecule has 0 heterocycles. The number of carbonyl (C=O) groups is 1. The number of halogens is 1. The van der Waals surface area contributed by atoms with Crippen LogP contribution in [0.25, 0.3) is 0 Å². The lowest BCUT2D eigenvalue weighted by atomic mass is 10.2. The molecule has 1 amide bonds. The summed E-state index contributed by atoms with van der Waals surface area (Å²) < 4.78 is 32.3. The monoisotopic (exact) mass is 410 g/mol. The van der Waals surface area contributed by atoms with Crippen molar-refractivity contribution in [1.82, 2.24) is 10.0 Å². The van der Waals surface area contributed by atoms with Crippen LogP contribution in [0.4, 0.5) is 0 Å². The Hall–Kier alpha value is -2.09. The Morgan fingerprint density at radius 1 is 1.15 bits per heavy atom. The maximum Gasteiger partial charge on any atom is 0.258 e. The van der Waals surface area contributed by atoms with E-state index in [1.807, 2.05) is 19.1 Å². The summed E-state index contributed by atoms with van der Waals surface area (Å²) in [6, 6.07) is 11.7. The highest BCUT2D eigenvalue weighted by molar-refractivity contribution is 7.89. The lowest BCUT2D eigenvalue weighted by Crippen LogP contribution is -2.28. The Kier molecular flexibility index (Phi) is 7.65. The molecule has 0 atom stereocenters. The summed E-state index contributed by atoms with van der Waals surface area (Å²) in [6.07, 6.45) is 0.713. The van der Waals surface area contributed by atoms with Crippen molar-refractivity contribution in [3.05, 3.63) is 58.6 Å². The molecule has 0 radical (unpaired) electrons. The minimum absolute atomic E-state index is 0.158. The van der Waals surface area contributed by atoms with Crippen LogP contribution in [-0.4, -0.2) is 27.5 Å². The van der Waals surface area contributed by atoms with E-state index in [0.29, 0.717) is 35.8 Å². The summed E-state index contributed by atoms with van der Waals surface area (Å²) in [5, 5.41) is 3.39. The zero-order valence-electron chi connectivity index (χ0n) is 15.3. The molecular formula is C19H23ClN2O4S. The second kappa shape index (κ2) is 9.73. The van der Waals surface area contributed by atoms with Gasteiger partial charge in [-0.25, -0.2) is 13.1 Å². The van der Waals surface area contributed by atoms with Crippen molar-refractivity contribution in [2.45, 2.75) is 31.7 Å². The van der Waals surface area contributed by atoms with Gasteiger partial charge in [0.1, 0.15) is 5.75 Å². The summed E-state index contributed by atoms with van der Waals surface area (Å²) in [6.45, 7) is 4.23. The van der Waals surface area contributed by atoms with Crippen LogP contribution in [0.5, 0.6) is 5.75 Å². The van der Waals surface area contributed by atoms with Crippen molar-refractivity contribution in [3.63, 3.8) is 0 Å². The first-order valence-electron chi connectivity index (χ1n) is 8.56. The molecule has 0 aliphatic carbocycles. The van der Waals surface area contributed by atoms with Crippen LogP contribution in [0.1, 0.15) is 24.5 Å². The molecular weight excluding hydrogens is 388 g/mol. The van der Waals surface area contributed by atoms with Crippen molar-refractivity contribution in [3.8, 4) is 5.75 Å². The summed E-state index contributed by atoms with van der Waals surface area (Å²) in [4.78, 5) is 12.1. The van der Waals surface area contributed by atoms with Crippen molar-refractivity contribution in [1.29, 1.82) is 0 Å². The summed E-state index contributed by atoms with van der Waals surface area (Å²) in [7, 11) is -3.53. The molecule has 2 aromatic rings. The minimum Gasteiger partial charge on any atom is -0.484 e. The molecule has 27 heavy (non-hydrogen) atoms. The van der Waals surface area contributed by atoms with Crippen LogP contribution >= 0.6 is 11.6 Å². The molecule has 0 bridgehead atoms. The largest absolute Gasteiger partial charge is 0.484 e. The van der Waals surface area contributed by atoms with Gasteiger partial charge >= 0.3 is 0 Å². The Balaban J connectivity index is 1.89. The molecule has 2 aromatic carbocycles. The average molecular weight is 411 g/mol. The first-order chi connectivity index (χ1) is 12.8. The fraction of sp³-hybridized carbons (Fsp3) is 0.316. The summed E-state index contributed by atoms with van der Waals surface area (Å²) in [5.74, 6) is 0.191. The van der Waals surface area contributed by atoms with Gasteiger partial charge in [0.15, 0.2) is 6.61 Å². The molecule has 0 saturated carbocycles. The second-order valence-corrected chi connectivity index (χ2v) is 8.22. The van der Waals surface area contributed by atoms with Crippen molar-refractivity contribution in [2.24, 2.45) is 0 Å². The van der Waals surface area contributed by atoms with Gasteiger partial charge in [0, 0.05) is 18.1 Å². The molecule has 6 nitrogen and oxygen atoms in total.